The molecule has 28 heavy (non-hydrogen) atoms. The Balaban J connectivity index is 1.71. The van der Waals surface area contributed by atoms with Crippen LogP contribution in [0.15, 0.2) is 18.2 Å². The molecule has 1 aromatic carbocycles. The Kier molecular flexibility index (Phi) is 7.87. The van der Waals surface area contributed by atoms with E-state index < -0.39 is 0 Å². The van der Waals surface area contributed by atoms with E-state index in [9.17, 15) is 9.18 Å². The fourth-order valence-electron chi connectivity index (χ4n) is 4.22. The fraction of sp³-hybridized carbons (Fsp3) is 0.696. The van der Waals surface area contributed by atoms with E-state index in [2.05, 4.69) is 38.0 Å². The molecule has 1 aliphatic carbocycles. The SMILES string of the molecule is CN(CCNC(=O)c1ccc(N(C)C)c(F)c1)CC1CCC(C(C)(C)C)CC1. The molecule has 0 aromatic heterocycles. The number of hydrogen-bond acceptors (Lipinski definition) is 3. The molecule has 1 N–H and O–H groups in total. The van der Waals surface area contributed by atoms with E-state index in [0.29, 0.717) is 23.2 Å². The number of likely N-dealkylation sites (N-methyl/N-ethyl adjacent to an activating group) is 1. The third-order valence-electron chi connectivity index (χ3n) is 6.11. The third-order valence-corrected chi connectivity index (χ3v) is 6.11. The van der Waals surface area contributed by atoms with Crippen LogP contribution in [0.5, 0.6) is 0 Å². The Morgan fingerprint density at radius 1 is 1.14 bits per heavy atom. The minimum absolute atomic E-state index is 0.219. The van der Waals surface area contributed by atoms with Crippen LogP contribution in [0.3, 0.4) is 0 Å². The van der Waals surface area contributed by atoms with Gasteiger partial charge in [-0.15, -0.1) is 0 Å². The summed E-state index contributed by atoms with van der Waals surface area (Å²) in [6.45, 7) is 9.53. The smallest absolute Gasteiger partial charge is 0.251 e. The van der Waals surface area contributed by atoms with Gasteiger partial charge in [-0.3, -0.25) is 4.79 Å². The number of carbonyl (C=O) groups is 1. The first kappa shape index (κ1) is 22.7. The second-order valence-corrected chi connectivity index (χ2v) is 9.66. The summed E-state index contributed by atoms with van der Waals surface area (Å²) in [4.78, 5) is 16.3. The van der Waals surface area contributed by atoms with Crippen molar-refractivity contribution in [2.75, 3.05) is 45.7 Å². The lowest BCUT2D eigenvalue weighted by Crippen LogP contribution is -2.36. The van der Waals surface area contributed by atoms with E-state index in [1.165, 1.54) is 31.7 Å². The van der Waals surface area contributed by atoms with Gasteiger partial charge in [-0.05, 0) is 68.2 Å². The van der Waals surface area contributed by atoms with E-state index in [-0.39, 0.29) is 11.7 Å². The first-order valence-electron chi connectivity index (χ1n) is 10.5. The minimum atomic E-state index is -0.374. The average molecular weight is 392 g/mol. The van der Waals surface area contributed by atoms with Crippen molar-refractivity contribution in [3.8, 4) is 0 Å². The van der Waals surface area contributed by atoms with Crippen LogP contribution in [0.4, 0.5) is 10.1 Å². The molecular weight excluding hydrogens is 353 g/mol. The number of carbonyl (C=O) groups excluding carboxylic acids is 1. The lowest BCUT2D eigenvalue weighted by Gasteiger charge is -2.38. The van der Waals surface area contributed by atoms with Gasteiger partial charge < -0.3 is 15.1 Å². The number of nitrogens with one attached hydrogen (secondary N) is 1. The Morgan fingerprint density at radius 3 is 2.32 bits per heavy atom. The van der Waals surface area contributed by atoms with Crippen molar-refractivity contribution < 1.29 is 9.18 Å². The van der Waals surface area contributed by atoms with Gasteiger partial charge in [0, 0.05) is 39.3 Å². The van der Waals surface area contributed by atoms with Gasteiger partial charge >= 0.3 is 0 Å². The number of hydrogen-bond donors (Lipinski definition) is 1. The zero-order chi connectivity index (χ0) is 20.9. The molecule has 0 atom stereocenters. The van der Waals surface area contributed by atoms with Crippen LogP contribution in [0, 0.1) is 23.1 Å². The Bertz CT molecular complexity index is 646. The molecule has 1 amide bonds. The predicted octanol–water partition coefficient (Wildman–Crippen LogP) is 4.41. The van der Waals surface area contributed by atoms with E-state index >= 15 is 0 Å². The summed E-state index contributed by atoms with van der Waals surface area (Å²) in [5.41, 5.74) is 1.27. The Morgan fingerprint density at radius 2 is 1.79 bits per heavy atom. The van der Waals surface area contributed by atoms with Crippen molar-refractivity contribution in [1.29, 1.82) is 0 Å². The molecule has 0 unspecified atom stereocenters. The quantitative estimate of drug-likeness (QED) is 0.748. The van der Waals surface area contributed by atoms with Crippen LogP contribution in [-0.2, 0) is 0 Å². The van der Waals surface area contributed by atoms with Crippen LogP contribution in [0.2, 0.25) is 0 Å². The van der Waals surface area contributed by atoms with Crippen LogP contribution < -0.4 is 10.2 Å². The maximum absolute atomic E-state index is 14.0. The van der Waals surface area contributed by atoms with Gasteiger partial charge in [0.2, 0.25) is 0 Å². The van der Waals surface area contributed by atoms with Gasteiger partial charge in [0.1, 0.15) is 5.82 Å². The minimum Gasteiger partial charge on any atom is -0.375 e. The maximum atomic E-state index is 14.0. The molecule has 1 aliphatic rings. The highest BCUT2D eigenvalue weighted by molar-refractivity contribution is 5.94. The topological polar surface area (TPSA) is 35.6 Å². The van der Waals surface area contributed by atoms with Gasteiger partial charge in [-0.25, -0.2) is 4.39 Å². The summed E-state index contributed by atoms with van der Waals surface area (Å²) in [6, 6.07) is 4.62. The average Bonchev–Trinajstić information content (AvgIpc) is 2.60. The molecule has 1 fully saturated rings. The standard InChI is InChI=1S/C23H38FN3O/c1-23(2,3)19-10-7-17(8-11-19)16-27(6)14-13-25-22(28)18-9-12-21(26(4)5)20(24)15-18/h9,12,15,17,19H,7-8,10-11,13-14,16H2,1-6H3,(H,25,28). The molecule has 0 heterocycles. The number of amides is 1. The van der Waals surface area contributed by atoms with E-state index in [4.69, 9.17) is 0 Å². The number of benzene rings is 1. The summed E-state index contributed by atoms with van der Waals surface area (Å²) < 4.78 is 14.0. The third kappa shape index (κ3) is 6.47. The number of rotatable bonds is 7. The second-order valence-electron chi connectivity index (χ2n) is 9.66. The van der Waals surface area contributed by atoms with Crippen molar-refractivity contribution in [3.05, 3.63) is 29.6 Å². The molecule has 1 saturated carbocycles. The van der Waals surface area contributed by atoms with Gasteiger partial charge in [-0.1, -0.05) is 20.8 Å². The van der Waals surface area contributed by atoms with E-state index in [1.54, 1.807) is 31.1 Å². The molecule has 0 radical (unpaired) electrons. The summed E-state index contributed by atoms with van der Waals surface area (Å²) in [7, 11) is 5.68. The maximum Gasteiger partial charge on any atom is 0.251 e. The first-order valence-corrected chi connectivity index (χ1v) is 10.5. The summed E-state index contributed by atoms with van der Waals surface area (Å²) in [5.74, 6) is 1.00. The number of nitrogens with zero attached hydrogens (tertiary/aromatic N) is 2. The van der Waals surface area contributed by atoms with Crippen molar-refractivity contribution in [2.24, 2.45) is 17.3 Å². The summed E-state index contributed by atoms with van der Waals surface area (Å²) in [6.07, 6.45) is 5.26. The van der Waals surface area contributed by atoms with Gasteiger partial charge in [0.25, 0.3) is 5.91 Å². The molecule has 0 bridgehead atoms. The summed E-state index contributed by atoms with van der Waals surface area (Å²) in [5, 5.41) is 2.91. The largest absolute Gasteiger partial charge is 0.375 e. The highest BCUT2D eigenvalue weighted by atomic mass is 19.1. The fourth-order valence-corrected chi connectivity index (χ4v) is 4.22. The van der Waals surface area contributed by atoms with Gasteiger partial charge in [0.05, 0.1) is 5.69 Å². The van der Waals surface area contributed by atoms with Gasteiger partial charge in [0.15, 0.2) is 0 Å². The molecular formula is C23H38FN3O. The van der Waals surface area contributed by atoms with E-state index in [0.717, 1.165) is 24.9 Å². The monoisotopic (exact) mass is 391 g/mol. The first-order chi connectivity index (χ1) is 13.1. The summed E-state index contributed by atoms with van der Waals surface area (Å²) >= 11 is 0. The van der Waals surface area contributed by atoms with Crippen molar-refractivity contribution in [3.63, 3.8) is 0 Å². The highest BCUT2D eigenvalue weighted by Crippen LogP contribution is 2.39. The zero-order valence-corrected chi connectivity index (χ0v) is 18.5. The normalized spacial score (nSPS) is 20.3. The molecule has 0 spiro atoms. The lowest BCUT2D eigenvalue weighted by molar-refractivity contribution is 0.0946. The van der Waals surface area contributed by atoms with Crippen LogP contribution in [-0.4, -0.2) is 51.6 Å². The van der Waals surface area contributed by atoms with Crippen LogP contribution >= 0.6 is 0 Å². The predicted molar refractivity (Wildman–Crippen MR) is 115 cm³/mol. The van der Waals surface area contributed by atoms with Crippen molar-refractivity contribution in [1.82, 2.24) is 10.2 Å². The van der Waals surface area contributed by atoms with Crippen molar-refractivity contribution in [2.45, 2.75) is 46.5 Å². The molecule has 0 aliphatic heterocycles. The molecule has 1 aromatic rings. The second kappa shape index (κ2) is 9.73. The molecule has 2 rings (SSSR count). The Hall–Kier alpha value is -1.62. The van der Waals surface area contributed by atoms with Crippen LogP contribution in [0.1, 0.15) is 56.8 Å². The molecule has 0 saturated heterocycles. The zero-order valence-electron chi connectivity index (χ0n) is 18.5. The number of halogens is 1. The highest BCUT2D eigenvalue weighted by Gasteiger charge is 2.29. The van der Waals surface area contributed by atoms with Crippen LogP contribution in [0.25, 0.3) is 0 Å². The molecule has 5 heteroatoms. The van der Waals surface area contributed by atoms with Gasteiger partial charge in [-0.2, -0.15) is 0 Å². The van der Waals surface area contributed by atoms with E-state index in [1.807, 2.05) is 0 Å². The number of anilines is 1. The molecule has 4 nitrogen and oxygen atoms in total. The van der Waals surface area contributed by atoms with Crippen molar-refractivity contribution >= 4 is 11.6 Å². The Labute approximate surface area is 170 Å². The molecule has 158 valence electrons. The lowest BCUT2D eigenvalue weighted by atomic mass is 9.70.